The van der Waals surface area contributed by atoms with Crippen LogP contribution in [0.15, 0.2) is 0 Å². The van der Waals surface area contributed by atoms with Gasteiger partial charge in [-0.05, 0) is 25.2 Å². The van der Waals surface area contributed by atoms with Crippen molar-refractivity contribution in [2.75, 3.05) is 6.54 Å². The van der Waals surface area contributed by atoms with Crippen molar-refractivity contribution in [1.29, 1.82) is 0 Å². The number of piperidine rings is 1. The highest BCUT2D eigenvalue weighted by atomic mass is 16.4. The summed E-state index contributed by atoms with van der Waals surface area (Å²) in [5.74, 6) is -3.30. The zero-order valence-corrected chi connectivity index (χ0v) is 7.60. The molecule has 1 aliphatic heterocycles. The Morgan fingerprint density at radius 3 is 2.64 bits per heavy atom. The molecule has 2 aliphatic rings. The molecule has 2 atom stereocenters. The van der Waals surface area contributed by atoms with Crippen LogP contribution in [-0.2, 0) is 14.4 Å². The average molecular weight is 197 g/mol. The van der Waals surface area contributed by atoms with Gasteiger partial charge in [-0.3, -0.25) is 9.59 Å². The fourth-order valence-corrected chi connectivity index (χ4v) is 2.09. The number of carboxylic acid groups (broad SMARTS) is 1. The van der Waals surface area contributed by atoms with Gasteiger partial charge in [0.15, 0.2) is 0 Å². The molecule has 2 fully saturated rings. The van der Waals surface area contributed by atoms with Crippen LogP contribution in [0.3, 0.4) is 0 Å². The van der Waals surface area contributed by atoms with Gasteiger partial charge < -0.3 is 10.0 Å². The lowest BCUT2D eigenvalue weighted by Gasteiger charge is -2.25. The first kappa shape index (κ1) is 9.18. The highest BCUT2D eigenvalue weighted by Crippen LogP contribution is 2.42. The number of Topliss-reactive ketones (excluding diaryl/α,β-unsaturated/α-hetero) is 1. The molecule has 2 rings (SSSR count). The van der Waals surface area contributed by atoms with Gasteiger partial charge in [-0.25, -0.2) is 4.79 Å². The Hall–Kier alpha value is -1.39. The van der Waals surface area contributed by atoms with Crippen LogP contribution >= 0.6 is 0 Å². The Bertz CT molecular complexity index is 312. The molecule has 0 aromatic heterocycles. The second-order valence-corrected chi connectivity index (χ2v) is 3.84. The summed E-state index contributed by atoms with van der Waals surface area (Å²) < 4.78 is 0. The molecule has 0 spiro atoms. The van der Waals surface area contributed by atoms with Gasteiger partial charge in [-0.15, -0.1) is 0 Å². The number of hydrogen-bond acceptors (Lipinski definition) is 3. The normalized spacial score (nSPS) is 29.3. The number of fused-ring (bicyclic) bond motifs is 1. The van der Waals surface area contributed by atoms with E-state index in [0.29, 0.717) is 12.5 Å². The van der Waals surface area contributed by atoms with Crippen molar-refractivity contribution in [3.8, 4) is 0 Å². The van der Waals surface area contributed by atoms with Crippen molar-refractivity contribution in [2.45, 2.75) is 25.3 Å². The molecule has 5 heteroatoms. The van der Waals surface area contributed by atoms with Crippen LogP contribution in [0.5, 0.6) is 0 Å². The van der Waals surface area contributed by atoms with Crippen molar-refractivity contribution >= 4 is 17.7 Å². The number of carbonyl (C=O) groups is 3. The number of ketones is 1. The third-order valence-corrected chi connectivity index (χ3v) is 2.91. The molecule has 1 heterocycles. The minimum Gasteiger partial charge on any atom is -0.475 e. The maximum absolute atomic E-state index is 11.4. The molecule has 0 aromatic carbocycles. The largest absolute Gasteiger partial charge is 0.475 e. The molecule has 76 valence electrons. The summed E-state index contributed by atoms with van der Waals surface area (Å²) in [4.78, 5) is 34.0. The van der Waals surface area contributed by atoms with Crippen LogP contribution in [-0.4, -0.2) is 40.3 Å². The fourth-order valence-electron chi connectivity index (χ4n) is 2.09. The Balaban J connectivity index is 2.04. The lowest BCUT2D eigenvalue weighted by Crippen LogP contribution is -2.43. The maximum atomic E-state index is 11.4. The van der Waals surface area contributed by atoms with Gasteiger partial charge in [0, 0.05) is 12.6 Å². The third-order valence-electron chi connectivity index (χ3n) is 2.91. The standard InChI is InChI=1S/C9H11NO4/c11-7(9(13)14)8(12)10-3-1-2-5-4-6(5)10/h5-6H,1-4H2,(H,13,14)/t5-,6+/m1/s1. The summed E-state index contributed by atoms with van der Waals surface area (Å²) in [6, 6.07) is 0.138. The average Bonchev–Trinajstić information content (AvgIpc) is 2.93. The van der Waals surface area contributed by atoms with Crippen molar-refractivity contribution in [3.63, 3.8) is 0 Å². The lowest BCUT2D eigenvalue weighted by molar-refractivity contribution is -0.157. The number of aliphatic carboxylic acids is 1. The quantitative estimate of drug-likeness (QED) is 0.485. The SMILES string of the molecule is O=C(O)C(=O)C(=O)N1CCC[C@@H]2C[C@@H]21. The van der Waals surface area contributed by atoms with Crippen LogP contribution in [0, 0.1) is 5.92 Å². The number of hydrogen-bond donors (Lipinski definition) is 1. The topological polar surface area (TPSA) is 74.7 Å². The van der Waals surface area contributed by atoms with Crippen molar-refractivity contribution < 1.29 is 19.5 Å². The van der Waals surface area contributed by atoms with E-state index in [1.807, 2.05) is 0 Å². The molecular weight excluding hydrogens is 186 g/mol. The van der Waals surface area contributed by atoms with Crippen LogP contribution < -0.4 is 0 Å². The first-order valence-corrected chi connectivity index (χ1v) is 4.69. The summed E-state index contributed by atoms with van der Waals surface area (Å²) >= 11 is 0. The molecule has 5 nitrogen and oxygen atoms in total. The van der Waals surface area contributed by atoms with Gasteiger partial charge >= 0.3 is 17.7 Å². The molecule has 1 amide bonds. The van der Waals surface area contributed by atoms with E-state index >= 15 is 0 Å². The van der Waals surface area contributed by atoms with Crippen molar-refractivity contribution in [2.24, 2.45) is 5.92 Å². The highest BCUT2D eigenvalue weighted by molar-refractivity contribution is 6.61. The van der Waals surface area contributed by atoms with E-state index < -0.39 is 17.7 Å². The van der Waals surface area contributed by atoms with E-state index in [-0.39, 0.29) is 6.04 Å². The Morgan fingerprint density at radius 2 is 2.00 bits per heavy atom. The molecule has 1 saturated carbocycles. The first-order valence-electron chi connectivity index (χ1n) is 4.69. The van der Waals surface area contributed by atoms with Crippen LogP contribution in [0.1, 0.15) is 19.3 Å². The summed E-state index contributed by atoms with van der Waals surface area (Å²) in [6.07, 6.45) is 2.90. The number of amides is 1. The number of likely N-dealkylation sites (tertiary alicyclic amines) is 1. The molecule has 1 aliphatic carbocycles. The molecule has 0 radical (unpaired) electrons. The molecule has 0 aromatic rings. The van der Waals surface area contributed by atoms with Crippen molar-refractivity contribution in [3.05, 3.63) is 0 Å². The molecule has 1 N–H and O–H groups in total. The second kappa shape index (κ2) is 3.08. The summed E-state index contributed by atoms with van der Waals surface area (Å²) in [6.45, 7) is 0.527. The zero-order chi connectivity index (χ0) is 10.3. The summed E-state index contributed by atoms with van der Waals surface area (Å²) in [5, 5.41) is 8.39. The smallest absolute Gasteiger partial charge is 0.382 e. The van der Waals surface area contributed by atoms with E-state index in [2.05, 4.69) is 0 Å². The van der Waals surface area contributed by atoms with E-state index in [4.69, 9.17) is 5.11 Å². The predicted molar refractivity (Wildman–Crippen MR) is 45.5 cm³/mol. The third kappa shape index (κ3) is 1.38. The van der Waals surface area contributed by atoms with Gasteiger partial charge in [0.25, 0.3) is 0 Å². The zero-order valence-electron chi connectivity index (χ0n) is 7.60. The number of rotatable bonds is 2. The number of carboxylic acids is 1. The summed E-state index contributed by atoms with van der Waals surface area (Å²) in [7, 11) is 0. The maximum Gasteiger partial charge on any atom is 0.382 e. The van der Waals surface area contributed by atoms with E-state index in [9.17, 15) is 14.4 Å². The molecular formula is C9H11NO4. The van der Waals surface area contributed by atoms with Crippen LogP contribution in [0.25, 0.3) is 0 Å². The fraction of sp³-hybridized carbons (Fsp3) is 0.667. The predicted octanol–water partition coefficient (Wildman–Crippen LogP) is -0.349. The first-order chi connectivity index (χ1) is 6.61. The van der Waals surface area contributed by atoms with Crippen LogP contribution in [0.4, 0.5) is 0 Å². The van der Waals surface area contributed by atoms with E-state index in [1.165, 1.54) is 4.90 Å². The molecule has 0 unspecified atom stereocenters. The Labute approximate surface area is 80.7 Å². The minimum absolute atomic E-state index is 0.138. The van der Waals surface area contributed by atoms with Gasteiger partial charge in [-0.2, -0.15) is 0 Å². The van der Waals surface area contributed by atoms with Gasteiger partial charge in [0.2, 0.25) is 0 Å². The summed E-state index contributed by atoms with van der Waals surface area (Å²) in [5.41, 5.74) is 0. The minimum atomic E-state index is -1.65. The van der Waals surface area contributed by atoms with Gasteiger partial charge in [-0.1, -0.05) is 0 Å². The Kier molecular flexibility index (Phi) is 2.02. The monoisotopic (exact) mass is 197 g/mol. The lowest BCUT2D eigenvalue weighted by atomic mass is 10.1. The Morgan fingerprint density at radius 1 is 1.29 bits per heavy atom. The second-order valence-electron chi connectivity index (χ2n) is 3.84. The van der Waals surface area contributed by atoms with Crippen LogP contribution in [0.2, 0.25) is 0 Å². The number of nitrogens with zero attached hydrogens (tertiary/aromatic N) is 1. The molecule has 0 bridgehead atoms. The molecule has 14 heavy (non-hydrogen) atoms. The number of carbonyl (C=O) groups excluding carboxylic acids is 2. The van der Waals surface area contributed by atoms with Crippen molar-refractivity contribution in [1.82, 2.24) is 4.90 Å². The van der Waals surface area contributed by atoms with Gasteiger partial charge in [0.1, 0.15) is 0 Å². The van der Waals surface area contributed by atoms with Gasteiger partial charge in [0.05, 0.1) is 0 Å². The van der Waals surface area contributed by atoms with E-state index in [1.54, 1.807) is 0 Å². The molecule has 1 saturated heterocycles. The highest BCUT2D eigenvalue weighted by Gasteiger charge is 2.47. The van der Waals surface area contributed by atoms with E-state index in [0.717, 1.165) is 19.3 Å².